The maximum Gasteiger partial charge on any atom is 0.251 e. The predicted molar refractivity (Wildman–Crippen MR) is 95.6 cm³/mol. The van der Waals surface area contributed by atoms with E-state index in [0.717, 1.165) is 25.7 Å². The Bertz CT molecular complexity index is 346. The van der Waals surface area contributed by atoms with Crippen LogP contribution in [0.5, 0.6) is 0 Å². The van der Waals surface area contributed by atoms with Crippen LogP contribution in [0.25, 0.3) is 0 Å². The number of hydroxylamine groups is 2. The Labute approximate surface area is 138 Å². The van der Waals surface area contributed by atoms with E-state index in [2.05, 4.69) is 21.7 Å². The summed E-state index contributed by atoms with van der Waals surface area (Å²) in [5.41, 5.74) is -0.256. The van der Waals surface area contributed by atoms with Crippen molar-refractivity contribution in [2.24, 2.45) is 5.41 Å². The standard InChI is InChI=1S/C18H36BNO2/c1-17(16(21)20(3)22-4)12-8-5-6-10-14-18(2,19)15-11-7-9-13-17/h5-15,19H2,1-4H3. The molecule has 1 amide bonds. The van der Waals surface area contributed by atoms with E-state index in [0.29, 0.717) is 5.31 Å². The highest BCUT2D eigenvalue weighted by Gasteiger charge is 2.35. The molecule has 1 saturated carbocycles. The Morgan fingerprint density at radius 1 is 0.909 bits per heavy atom. The molecule has 0 aromatic heterocycles. The number of nitrogens with zero attached hydrogens (tertiary/aromatic N) is 1. The lowest BCUT2D eigenvalue weighted by Gasteiger charge is -2.31. The van der Waals surface area contributed by atoms with Gasteiger partial charge >= 0.3 is 0 Å². The van der Waals surface area contributed by atoms with Crippen LogP contribution in [0.1, 0.15) is 84.5 Å². The zero-order valence-electron chi connectivity index (χ0n) is 15.5. The minimum Gasteiger partial charge on any atom is -0.275 e. The molecule has 1 aliphatic rings. The average molecular weight is 309 g/mol. The Hall–Kier alpha value is -0.505. The maximum atomic E-state index is 12.6. The molecule has 0 aromatic rings. The minimum atomic E-state index is -0.256. The molecule has 3 nitrogen and oxygen atoms in total. The second-order valence-electron chi connectivity index (χ2n) is 8.18. The van der Waals surface area contributed by atoms with Crippen LogP contribution in [0.2, 0.25) is 5.31 Å². The quantitative estimate of drug-likeness (QED) is 0.567. The molecular formula is C18H36BNO2. The van der Waals surface area contributed by atoms with Crippen LogP contribution in [0.3, 0.4) is 0 Å². The third kappa shape index (κ3) is 6.32. The monoisotopic (exact) mass is 309 g/mol. The van der Waals surface area contributed by atoms with Gasteiger partial charge in [-0.15, -0.1) is 0 Å². The lowest BCUT2D eigenvalue weighted by molar-refractivity contribution is -0.180. The molecule has 0 saturated heterocycles. The van der Waals surface area contributed by atoms with E-state index < -0.39 is 0 Å². The number of rotatable bonds is 2. The molecule has 0 bridgehead atoms. The Kier molecular flexibility index (Phi) is 7.95. The van der Waals surface area contributed by atoms with Gasteiger partial charge in [0.25, 0.3) is 5.91 Å². The number of carbonyl (C=O) groups excluding carboxylic acids is 1. The predicted octanol–water partition coefficient (Wildman–Crippen LogP) is 4.13. The van der Waals surface area contributed by atoms with Gasteiger partial charge in [0.2, 0.25) is 0 Å². The highest BCUT2D eigenvalue weighted by Crippen LogP contribution is 2.38. The first kappa shape index (κ1) is 19.5. The van der Waals surface area contributed by atoms with Gasteiger partial charge in [0, 0.05) is 12.5 Å². The molecular weight excluding hydrogens is 273 g/mol. The van der Waals surface area contributed by atoms with Gasteiger partial charge in [0.1, 0.15) is 7.85 Å². The molecule has 2 atom stereocenters. The second kappa shape index (κ2) is 8.95. The zero-order valence-corrected chi connectivity index (χ0v) is 15.5. The van der Waals surface area contributed by atoms with Gasteiger partial charge in [-0.05, 0) is 12.8 Å². The van der Waals surface area contributed by atoms with E-state index in [1.807, 2.05) is 0 Å². The van der Waals surface area contributed by atoms with Crippen LogP contribution in [0.4, 0.5) is 0 Å². The smallest absolute Gasteiger partial charge is 0.251 e. The summed E-state index contributed by atoms with van der Waals surface area (Å²) in [5, 5.41) is 1.91. The van der Waals surface area contributed by atoms with Gasteiger partial charge in [0.15, 0.2) is 0 Å². The molecule has 1 rings (SSSR count). The minimum absolute atomic E-state index is 0.144. The summed E-state index contributed by atoms with van der Waals surface area (Å²) in [5.74, 6) is 0.144. The molecule has 0 spiro atoms. The summed E-state index contributed by atoms with van der Waals surface area (Å²) in [6.07, 6.45) is 13.3. The summed E-state index contributed by atoms with van der Waals surface area (Å²) < 4.78 is 0. The molecule has 128 valence electrons. The van der Waals surface area contributed by atoms with Gasteiger partial charge < -0.3 is 0 Å². The maximum absolute atomic E-state index is 12.6. The van der Waals surface area contributed by atoms with E-state index in [1.54, 1.807) is 14.2 Å². The van der Waals surface area contributed by atoms with Crippen molar-refractivity contribution in [2.75, 3.05) is 14.2 Å². The van der Waals surface area contributed by atoms with Crippen molar-refractivity contribution >= 4 is 13.8 Å². The van der Waals surface area contributed by atoms with Crippen LogP contribution in [-0.2, 0) is 9.63 Å². The fourth-order valence-electron chi connectivity index (χ4n) is 3.69. The summed E-state index contributed by atoms with van der Waals surface area (Å²) in [6, 6.07) is 0. The first-order valence-corrected chi connectivity index (χ1v) is 9.13. The summed E-state index contributed by atoms with van der Waals surface area (Å²) in [7, 11) is 5.72. The average Bonchev–Trinajstić information content (AvgIpc) is 2.49. The van der Waals surface area contributed by atoms with E-state index in [-0.39, 0.29) is 11.3 Å². The van der Waals surface area contributed by atoms with Crippen molar-refractivity contribution in [1.82, 2.24) is 5.06 Å². The van der Waals surface area contributed by atoms with E-state index in [4.69, 9.17) is 4.84 Å². The SMILES string of the molecule is BC1(C)CCCCCCC(C)(C(=O)N(C)OC)CCCCC1. The first-order valence-electron chi connectivity index (χ1n) is 9.13. The van der Waals surface area contributed by atoms with Crippen molar-refractivity contribution in [2.45, 2.75) is 89.8 Å². The van der Waals surface area contributed by atoms with Crippen LogP contribution < -0.4 is 0 Å². The van der Waals surface area contributed by atoms with Crippen molar-refractivity contribution in [3.63, 3.8) is 0 Å². The topological polar surface area (TPSA) is 29.5 Å². The van der Waals surface area contributed by atoms with Gasteiger partial charge in [0.05, 0.1) is 7.11 Å². The van der Waals surface area contributed by atoms with Crippen LogP contribution in [-0.4, -0.2) is 33.0 Å². The lowest BCUT2D eigenvalue weighted by atomic mass is 9.64. The van der Waals surface area contributed by atoms with Gasteiger partial charge in [-0.3, -0.25) is 9.63 Å². The highest BCUT2D eigenvalue weighted by molar-refractivity contribution is 6.14. The van der Waals surface area contributed by atoms with Gasteiger partial charge in [-0.25, -0.2) is 5.06 Å². The zero-order chi connectivity index (χ0) is 16.6. The summed E-state index contributed by atoms with van der Waals surface area (Å²) >= 11 is 0. The van der Waals surface area contributed by atoms with E-state index in [1.165, 1.54) is 50.0 Å². The van der Waals surface area contributed by atoms with Crippen LogP contribution in [0, 0.1) is 5.41 Å². The molecule has 0 heterocycles. The third-order valence-corrected chi connectivity index (χ3v) is 5.49. The number of carbonyl (C=O) groups is 1. The molecule has 2 unspecified atom stereocenters. The highest BCUT2D eigenvalue weighted by atomic mass is 16.7. The first-order chi connectivity index (χ1) is 10.3. The van der Waals surface area contributed by atoms with Gasteiger partial charge in [-0.1, -0.05) is 76.9 Å². The fourth-order valence-corrected chi connectivity index (χ4v) is 3.69. The van der Waals surface area contributed by atoms with E-state index >= 15 is 0 Å². The largest absolute Gasteiger partial charge is 0.275 e. The van der Waals surface area contributed by atoms with Gasteiger partial charge in [-0.2, -0.15) is 0 Å². The second-order valence-corrected chi connectivity index (χ2v) is 8.18. The number of amides is 1. The molecule has 22 heavy (non-hydrogen) atoms. The van der Waals surface area contributed by atoms with Crippen LogP contribution in [0.15, 0.2) is 0 Å². The van der Waals surface area contributed by atoms with Crippen LogP contribution >= 0.6 is 0 Å². The Balaban J connectivity index is 2.66. The molecule has 4 heteroatoms. The normalized spacial score (nSPS) is 32.4. The number of hydrogen-bond acceptors (Lipinski definition) is 2. The summed E-state index contributed by atoms with van der Waals surface area (Å²) in [4.78, 5) is 17.8. The van der Waals surface area contributed by atoms with Crippen molar-refractivity contribution in [1.29, 1.82) is 0 Å². The number of hydrogen-bond donors (Lipinski definition) is 0. The summed E-state index contributed by atoms with van der Waals surface area (Å²) in [6.45, 7) is 4.54. The molecule has 0 N–H and O–H groups in total. The van der Waals surface area contributed by atoms with Crippen molar-refractivity contribution in [3.8, 4) is 0 Å². The van der Waals surface area contributed by atoms with Crippen molar-refractivity contribution < 1.29 is 9.63 Å². The third-order valence-electron chi connectivity index (χ3n) is 5.49. The van der Waals surface area contributed by atoms with E-state index in [9.17, 15) is 4.79 Å². The molecule has 0 aliphatic heterocycles. The van der Waals surface area contributed by atoms with Crippen molar-refractivity contribution in [3.05, 3.63) is 0 Å². The fraction of sp³-hybridized carbons (Fsp3) is 0.944. The lowest BCUT2D eigenvalue weighted by Crippen LogP contribution is -2.39. The molecule has 0 radical (unpaired) electrons. The Morgan fingerprint density at radius 3 is 1.77 bits per heavy atom. The molecule has 1 fully saturated rings. The Morgan fingerprint density at radius 2 is 1.32 bits per heavy atom. The molecule has 1 aliphatic carbocycles. The molecule has 0 aromatic carbocycles.